The van der Waals surface area contributed by atoms with Crippen molar-refractivity contribution >= 4 is 40.2 Å². The molecule has 0 atom stereocenters. The van der Waals surface area contributed by atoms with Gasteiger partial charge in [-0.25, -0.2) is 0 Å². The highest BCUT2D eigenvalue weighted by Gasteiger charge is 2.24. The van der Waals surface area contributed by atoms with Crippen LogP contribution in [-0.4, -0.2) is 41.7 Å². The predicted molar refractivity (Wildman–Crippen MR) is 128 cm³/mol. The third-order valence-corrected chi connectivity index (χ3v) is 7.40. The lowest BCUT2D eigenvalue weighted by molar-refractivity contribution is -0.128. The summed E-state index contributed by atoms with van der Waals surface area (Å²) >= 11 is 2.78. The number of ether oxygens (including phenoxy) is 1. The summed E-state index contributed by atoms with van der Waals surface area (Å²) in [6, 6.07) is 11.9. The first-order chi connectivity index (χ1) is 15.4. The molecule has 0 saturated carbocycles. The van der Waals surface area contributed by atoms with Gasteiger partial charge in [0.1, 0.15) is 10.7 Å². The molecule has 0 unspecified atom stereocenters. The van der Waals surface area contributed by atoms with E-state index >= 15 is 0 Å². The van der Waals surface area contributed by atoms with Crippen LogP contribution in [0.4, 0.5) is 0 Å². The fourth-order valence-electron chi connectivity index (χ4n) is 3.78. The second-order valence-electron chi connectivity index (χ2n) is 7.64. The molecule has 0 aliphatic carbocycles. The van der Waals surface area contributed by atoms with E-state index in [-0.39, 0.29) is 17.0 Å². The average molecular weight is 466 g/mol. The van der Waals surface area contributed by atoms with Gasteiger partial charge in [-0.15, -0.1) is 22.7 Å². The van der Waals surface area contributed by atoms with Gasteiger partial charge in [0, 0.05) is 22.8 Å². The number of nitriles is 1. The Balaban J connectivity index is 2.05. The number of rotatable bonds is 3. The number of benzene rings is 1. The van der Waals surface area contributed by atoms with Gasteiger partial charge in [-0.05, 0) is 50.1 Å². The molecule has 4 rings (SSSR count). The summed E-state index contributed by atoms with van der Waals surface area (Å²) in [6.07, 6.45) is 1.84. The first kappa shape index (κ1) is 22.2. The second-order valence-corrected chi connectivity index (χ2v) is 9.99. The summed E-state index contributed by atoms with van der Waals surface area (Å²) in [7, 11) is 0. The lowest BCUT2D eigenvalue weighted by Gasteiger charge is -2.26. The van der Waals surface area contributed by atoms with Crippen molar-refractivity contribution in [3.05, 3.63) is 70.8 Å². The number of hydrogen-bond donors (Lipinski definition) is 0. The number of hydrogen-bond acceptors (Lipinski definition) is 6. The van der Waals surface area contributed by atoms with Crippen LogP contribution in [0, 0.1) is 32.1 Å². The lowest BCUT2D eigenvalue weighted by Crippen LogP contribution is -2.42. The van der Waals surface area contributed by atoms with E-state index in [1.54, 1.807) is 20.8 Å². The van der Waals surface area contributed by atoms with Crippen LogP contribution in [0.2, 0.25) is 0 Å². The maximum absolute atomic E-state index is 13.6. The highest BCUT2D eigenvalue weighted by Crippen LogP contribution is 2.18. The predicted octanol–water partition coefficient (Wildman–Crippen LogP) is 2.25. The van der Waals surface area contributed by atoms with Gasteiger partial charge in [0.25, 0.3) is 11.5 Å². The zero-order valence-corrected chi connectivity index (χ0v) is 19.8. The van der Waals surface area contributed by atoms with Crippen LogP contribution in [0.25, 0.3) is 17.3 Å². The van der Waals surface area contributed by atoms with Gasteiger partial charge in [-0.1, -0.05) is 18.2 Å². The Morgan fingerprint density at radius 2 is 1.78 bits per heavy atom. The monoisotopic (exact) mass is 465 g/mol. The maximum Gasteiger partial charge on any atom is 0.273 e. The number of morpholine rings is 1. The van der Waals surface area contributed by atoms with E-state index < -0.39 is 0 Å². The molecule has 1 aliphatic heterocycles. The first-order valence-electron chi connectivity index (χ1n) is 10.3. The fraction of sp³-hybridized carbons (Fsp3) is 0.292. The average Bonchev–Trinajstić information content (AvgIpc) is 3.33. The number of aryl methyl sites for hydroxylation is 3. The quantitative estimate of drug-likeness (QED) is 0.595. The summed E-state index contributed by atoms with van der Waals surface area (Å²) < 4.78 is 7.74. The largest absolute Gasteiger partial charge is 0.378 e. The number of amides is 1. The molecule has 32 heavy (non-hydrogen) atoms. The van der Waals surface area contributed by atoms with Crippen molar-refractivity contribution in [2.45, 2.75) is 20.8 Å². The zero-order chi connectivity index (χ0) is 22.8. The van der Waals surface area contributed by atoms with Crippen LogP contribution in [0.5, 0.6) is 0 Å². The zero-order valence-electron chi connectivity index (χ0n) is 18.2. The van der Waals surface area contributed by atoms with Crippen molar-refractivity contribution in [1.82, 2.24) is 9.47 Å². The van der Waals surface area contributed by atoms with Crippen molar-refractivity contribution in [1.29, 1.82) is 5.26 Å². The summed E-state index contributed by atoms with van der Waals surface area (Å²) in [5.74, 6) is -0.365. The highest BCUT2D eigenvalue weighted by molar-refractivity contribution is 7.13. The van der Waals surface area contributed by atoms with E-state index in [9.17, 15) is 14.9 Å². The Kier molecular flexibility index (Phi) is 6.42. The molecule has 0 bridgehead atoms. The van der Waals surface area contributed by atoms with Crippen molar-refractivity contribution < 1.29 is 9.53 Å². The summed E-state index contributed by atoms with van der Waals surface area (Å²) in [4.78, 5) is 30.6. The van der Waals surface area contributed by atoms with Gasteiger partial charge in [-0.3, -0.25) is 14.2 Å². The van der Waals surface area contributed by atoms with Gasteiger partial charge in [0.2, 0.25) is 0 Å². The molecule has 1 aromatic carbocycles. The van der Waals surface area contributed by atoms with Crippen molar-refractivity contribution in [2.24, 2.45) is 0 Å². The lowest BCUT2D eigenvalue weighted by atomic mass is 10.1. The Bertz CT molecular complexity index is 1380. The SMILES string of the molecule is Cc1ccc(/C=c2\s/c(=C(/C#N)C(=O)N3CCOCC3)n(-c3c(C)cccc3C)c2=O)s1. The number of carbonyl (C=O) groups excluding carboxylic acids is 1. The molecule has 3 heterocycles. The molecule has 6 nitrogen and oxygen atoms in total. The number of carbonyl (C=O) groups is 1. The molecular formula is C24H23N3O3S2. The Morgan fingerprint density at radius 3 is 2.38 bits per heavy atom. The van der Waals surface area contributed by atoms with E-state index in [0.717, 1.165) is 20.9 Å². The molecular weight excluding hydrogens is 442 g/mol. The van der Waals surface area contributed by atoms with Crippen molar-refractivity contribution in [3.63, 3.8) is 0 Å². The van der Waals surface area contributed by atoms with Crippen LogP contribution in [0.15, 0.2) is 35.1 Å². The number of para-hydroxylation sites is 1. The molecule has 1 amide bonds. The molecule has 0 N–H and O–H groups in total. The van der Waals surface area contributed by atoms with E-state index in [2.05, 4.69) is 6.07 Å². The molecule has 1 saturated heterocycles. The molecule has 1 aliphatic rings. The van der Waals surface area contributed by atoms with Gasteiger partial charge in [0.15, 0.2) is 5.57 Å². The Hall–Kier alpha value is -2.99. The van der Waals surface area contributed by atoms with Crippen LogP contribution < -0.4 is 14.8 Å². The first-order valence-corrected chi connectivity index (χ1v) is 11.9. The fourth-order valence-corrected chi connectivity index (χ4v) is 5.75. The number of nitrogens with zero attached hydrogens (tertiary/aromatic N) is 3. The summed E-state index contributed by atoms with van der Waals surface area (Å²) in [5.41, 5.74) is 2.28. The van der Waals surface area contributed by atoms with Crippen molar-refractivity contribution in [3.8, 4) is 11.8 Å². The van der Waals surface area contributed by atoms with Gasteiger partial charge in [-0.2, -0.15) is 5.26 Å². The van der Waals surface area contributed by atoms with E-state index in [0.29, 0.717) is 41.2 Å². The molecule has 0 radical (unpaired) electrons. The van der Waals surface area contributed by atoms with Crippen LogP contribution in [0.3, 0.4) is 0 Å². The minimum absolute atomic E-state index is 0.0151. The van der Waals surface area contributed by atoms with Gasteiger partial charge >= 0.3 is 0 Å². The molecule has 3 aromatic rings. The van der Waals surface area contributed by atoms with E-state index in [1.807, 2.05) is 57.2 Å². The number of thiophene rings is 1. The topological polar surface area (TPSA) is 75.3 Å². The molecule has 8 heteroatoms. The van der Waals surface area contributed by atoms with Crippen LogP contribution in [0.1, 0.15) is 20.9 Å². The maximum atomic E-state index is 13.6. The summed E-state index contributed by atoms with van der Waals surface area (Å²) in [5, 5.41) is 10.0. The van der Waals surface area contributed by atoms with E-state index in [1.165, 1.54) is 11.3 Å². The minimum atomic E-state index is -0.365. The third-order valence-electron chi connectivity index (χ3n) is 5.36. The number of thiazole rings is 1. The van der Waals surface area contributed by atoms with Gasteiger partial charge < -0.3 is 9.64 Å². The molecule has 2 aromatic heterocycles. The summed E-state index contributed by atoms with van der Waals surface area (Å²) in [6.45, 7) is 7.60. The van der Waals surface area contributed by atoms with Crippen LogP contribution >= 0.6 is 22.7 Å². The Morgan fingerprint density at radius 1 is 1.09 bits per heavy atom. The number of aromatic nitrogens is 1. The van der Waals surface area contributed by atoms with E-state index in [4.69, 9.17) is 4.74 Å². The Labute approximate surface area is 193 Å². The second kappa shape index (κ2) is 9.25. The molecule has 1 fully saturated rings. The molecule has 0 spiro atoms. The van der Waals surface area contributed by atoms with Crippen LogP contribution in [-0.2, 0) is 9.53 Å². The highest BCUT2D eigenvalue weighted by atomic mass is 32.1. The van der Waals surface area contributed by atoms with Gasteiger partial charge in [0.05, 0.1) is 23.4 Å². The third kappa shape index (κ3) is 4.19. The smallest absolute Gasteiger partial charge is 0.273 e. The standard InChI is InChI=1S/C24H23N3O3S2/c1-15-5-4-6-16(2)21(15)27-23(29)20(13-18-8-7-17(3)31-18)32-24(27)19(14-25)22(28)26-9-11-30-12-10-26/h4-8,13H,9-12H2,1-3H3/b20-13-,24-19-. The molecule has 164 valence electrons. The van der Waals surface area contributed by atoms with Crippen molar-refractivity contribution in [2.75, 3.05) is 26.3 Å². The normalized spacial score (nSPS) is 15.6. The minimum Gasteiger partial charge on any atom is -0.378 e.